The van der Waals surface area contributed by atoms with Gasteiger partial charge in [0.2, 0.25) is 10.0 Å². The van der Waals surface area contributed by atoms with Gasteiger partial charge in [0.25, 0.3) is 0 Å². The van der Waals surface area contributed by atoms with Crippen LogP contribution in [-0.4, -0.2) is 14.5 Å². The lowest BCUT2D eigenvalue weighted by atomic mass is 10.2. The summed E-state index contributed by atoms with van der Waals surface area (Å²) < 4.78 is 39.9. The molecule has 0 fully saturated rings. The molecule has 6 heteroatoms. The van der Waals surface area contributed by atoms with Gasteiger partial charge in [-0.3, -0.25) is 0 Å². The number of nitrogens with two attached hydrogens (primary N) is 1. The summed E-state index contributed by atoms with van der Waals surface area (Å²) in [5.41, 5.74) is 5.54. The summed E-state index contributed by atoms with van der Waals surface area (Å²) in [5.74, 6) is 1.70. The van der Waals surface area contributed by atoms with E-state index < -0.39 is 21.9 Å². The Morgan fingerprint density at radius 1 is 1.56 bits per heavy atom. The Labute approximate surface area is 106 Å². The monoisotopic (exact) mass is 270 g/mol. The van der Waals surface area contributed by atoms with Crippen LogP contribution in [0.15, 0.2) is 17.0 Å². The molecule has 18 heavy (non-hydrogen) atoms. The van der Waals surface area contributed by atoms with Gasteiger partial charge in [-0.25, -0.2) is 17.5 Å². The molecule has 1 atom stereocenters. The van der Waals surface area contributed by atoms with Gasteiger partial charge in [0, 0.05) is 23.7 Å². The zero-order valence-electron chi connectivity index (χ0n) is 10.2. The van der Waals surface area contributed by atoms with E-state index in [-0.39, 0.29) is 22.6 Å². The molecule has 0 spiro atoms. The number of halogens is 1. The van der Waals surface area contributed by atoms with Crippen molar-refractivity contribution in [1.29, 1.82) is 0 Å². The highest BCUT2D eigenvalue weighted by atomic mass is 32.2. The third-order valence-electron chi connectivity index (χ3n) is 2.39. The van der Waals surface area contributed by atoms with E-state index >= 15 is 0 Å². The lowest BCUT2D eigenvalue weighted by Crippen LogP contribution is -2.32. The maximum Gasteiger partial charge on any atom is 0.241 e. The van der Waals surface area contributed by atoms with Crippen molar-refractivity contribution in [3.8, 4) is 12.3 Å². The molecule has 1 unspecified atom stereocenters. The highest BCUT2D eigenvalue weighted by Gasteiger charge is 2.21. The smallest absolute Gasteiger partial charge is 0.241 e. The molecule has 1 aromatic carbocycles. The Kier molecular flexibility index (Phi) is 4.33. The van der Waals surface area contributed by atoms with Crippen molar-refractivity contribution in [3.05, 3.63) is 23.5 Å². The SMILES string of the molecule is C#CCC(C)NS(=O)(=O)c1cc(N)cc(F)c1C. The zero-order valence-corrected chi connectivity index (χ0v) is 11.0. The Hall–Kier alpha value is -1.58. The first-order valence-electron chi connectivity index (χ1n) is 5.29. The molecular formula is C12H15FN2O2S. The Morgan fingerprint density at radius 2 is 2.17 bits per heavy atom. The van der Waals surface area contributed by atoms with Gasteiger partial charge in [0.15, 0.2) is 0 Å². The molecule has 0 heterocycles. The number of terminal acetylenes is 1. The average molecular weight is 270 g/mol. The van der Waals surface area contributed by atoms with E-state index in [1.165, 1.54) is 13.0 Å². The van der Waals surface area contributed by atoms with Gasteiger partial charge < -0.3 is 5.73 Å². The fraction of sp³-hybridized carbons (Fsp3) is 0.333. The van der Waals surface area contributed by atoms with Crippen LogP contribution in [0.1, 0.15) is 18.9 Å². The molecule has 0 radical (unpaired) electrons. The molecule has 0 aliphatic heterocycles. The lowest BCUT2D eigenvalue weighted by Gasteiger charge is -2.14. The van der Waals surface area contributed by atoms with Gasteiger partial charge in [0.1, 0.15) is 5.82 Å². The molecule has 0 saturated heterocycles. The summed E-state index contributed by atoms with van der Waals surface area (Å²) in [7, 11) is -3.82. The van der Waals surface area contributed by atoms with E-state index in [4.69, 9.17) is 12.2 Å². The van der Waals surface area contributed by atoms with E-state index in [1.807, 2.05) is 0 Å². The van der Waals surface area contributed by atoms with Crippen molar-refractivity contribution in [1.82, 2.24) is 4.72 Å². The summed E-state index contributed by atoms with van der Waals surface area (Å²) >= 11 is 0. The summed E-state index contributed by atoms with van der Waals surface area (Å²) in [6, 6.07) is 1.88. The normalized spacial score (nSPS) is 13.0. The summed E-state index contributed by atoms with van der Waals surface area (Å²) in [6.45, 7) is 3.02. The van der Waals surface area contributed by atoms with Crippen LogP contribution in [0.4, 0.5) is 10.1 Å². The summed E-state index contributed by atoms with van der Waals surface area (Å²) in [5, 5.41) is 0. The lowest BCUT2D eigenvalue weighted by molar-refractivity contribution is 0.559. The van der Waals surface area contributed by atoms with Crippen LogP contribution in [0.3, 0.4) is 0 Å². The van der Waals surface area contributed by atoms with Gasteiger partial charge in [-0.15, -0.1) is 12.3 Å². The minimum Gasteiger partial charge on any atom is -0.399 e. The van der Waals surface area contributed by atoms with Crippen LogP contribution in [0.25, 0.3) is 0 Å². The van der Waals surface area contributed by atoms with Crippen LogP contribution in [-0.2, 0) is 10.0 Å². The Bertz CT molecular complexity index is 591. The zero-order chi connectivity index (χ0) is 13.9. The van der Waals surface area contributed by atoms with Crippen LogP contribution in [0, 0.1) is 25.1 Å². The summed E-state index contributed by atoms with van der Waals surface area (Å²) in [4.78, 5) is -0.163. The molecular weight excluding hydrogens is 255 g/mol. The molecule has 0 aromatic heterocycles. The van der Waals surface area contributed by atoms with Crippen molar-refractivity contribution >= 4 is 15.7 Å². The number of sulfonamides is 1. The standard InChI is InChI=1S/C12H15FN2O2S/c1-4-5-8(2)15-18(16,17)12-7-10(14)6-11(13)9(12)3/h1,6-8,15H,5,14H2,2-3H3. The van der Waals surface area contributed by atoms with Crippen LogP contribution < -0.4 is 10.5 Å². The van der Waals surface area contributed by atoms with Gasteiger partial charge in [0.05, 0.1) is 4.90 Å². The number of hydrogen-bond acceptors (Lipinski definition) is 3. The van der Waals surface area contributed by atoms with Crippen molar-refractivity contribution < 1.29 is 12.8 Å². The van der Waals surface area contributed by atoms with Crippen molar-refractivity contribution in [2.45, 2.75) is 31.2 Å². The minimum absolute atomic E-state index is 0.0320. The Balaban J connectivity index is 3.18. The third kappa shape index (κ3) is 3.22. The highest BCUT2D eigenvalue weighted by Crippen LogP contribution is 2.22. The first-order chi connectivity index (χ1) is 8.27. The number of rotatable bonds is 4. The molecule has 0 saturated carbocycles. The molecule has 0 bridgehead atoms. The van der Waals surface area contributed by atoms with Crippen LogP contribution in [0.5, 0.6) is 0 Å². The van der Waals surface area contributed by atoms with Crippen LogP contribution >= 0.6 is 0 Å². The predicted octanol–water partition coefficient (Wildman–Crippen LogP) is 1.41. The van der Waals surface area contributed by atoms with Crippen LogP contribution in [0.2, 0.25) is 0 Å². The van der Waals surface area contributed by atoms with Crippen molar-refractivity contribution in [2.24, 2.45) is 0 Å². The molecule has 0 aliphatic rings. The predicted molar refractivity (Wildman–Crippen MR) is 68.8 cm³/mol. The fourth-order valence-corrected chi connectivity index (χ4v) is 3.03. The number of nitrogen functional groups attached to an aromatic ring is 1. The number of anilines is 1. The average Bonchev–Trinajstić information content (AvgIpc) is 2.22. The first-order valence-corrected chi connectivity index (χ1v) is 6.77. The molecule has 0 amide bonds. The second-order valence-electron chi connectivity index (χ2n) is 4.06. The molecule has 3 N–H and O–H groups in total. The third-order valence-corrected chi connectivity index (χ3v) is 4.10. The van der Waals surface area contributed by atoms with E-state index in [9.17, 15) is 12.8 Å². The van der Waals surface area contributed by atoms with Gasteiger partial charge >= 0.3 is 0 Å². The van der Waals surface area contributed by atoms with Gasteiger partial charge in [-0.1, -0.05) is 0 Å². The van der Waals surface area contributed by atoms with Gasteiger partial charge in [-0.05, 0) is 26.0 Å². The second-order valence-corrected chi connectivity index (χ2v) is 5.74. The maximum absolute atomic E-state index is 13.5. The van der Waals surface area contributed by atoms with Crippen molar-refractivity contribution in [3.63, 3.8) is 0 Å². The summed E-state index contributed by atoms with van der Waals surface area (Å²) in [6.07, 6.45) is 5.35. The van der Waals surface area contributed by atoms with Crippen molar-refractivity contribution in [2.75, 3.05) is 5.73 Å². The first kappa shape index (κ1) is 14.5. The molecule has 1 rings (SSSR count). The highest BCUT2D eigenvalue weighted by molar-refractivity contribution is 7.89. The van der Waals surface area contributed by atoms with E-state index in [2.05, 4.69) is 10.6 Å². The number of hydrogen-bond donors (Lipinski definition) is 2. The second kappa shape index (κ2) is 5.38. The largest absolute Gasteiger partial charge is 0.399 e. The van der Waals surface area contributed by atoms with Gasteiger partial charge in [-0.2, -0.15) is 0 Å². The molecule has 98 valence electrons. The number of nitrogens with one attached hydrogen (secondary N) is 1. The number of benzene rings is 1. The minimum atomic E-state index is -3.82. The molecule has 1 aromatic rings. The molecule has 4 nitrogen and oxygen atoms in total. The van der Waals surface area contributed by atoms with E-state index in [1.54, 1.807) is 6.92 Å². The van der Waals surface area contributed by atoms with E-state index in [0.29, 0.717) is 0 Å². The topological polar surface area (TPSA) is 72.2 Å². The Morgan fingerprint density at radius 3 is 2.72 bits per heavy atom. The fourth-order valence-electron chi connectivity index (χ4n) is 1.50. The quantitative estimate of drug-likeness (QED) is 0.642. The molecule has 0 aliphatic carbocycles. The maximum atomic E-state index is 13.5. The van der Waals surface area contributed by atoms with E-state index in [0.717, 1.165) is 6.07 Å².